The summed E-state index contributed by atoms with van der Waals surface area (Å²) in [6.45, 7) is 7.53. The van der Waals surface area contributed by atoms with Crippen LogP contribution in [0.15, 0.2) is 71.6 Å². The van der Waals surface area contributed by atoms with E-state index < -0.39 is 28.5 Å². The van der Waals surface area contributed by atoms with E-state index in [1.165, 1.54) is 35.2 Å². The number of nitrogens with zero attached hydrogens (tertiary/aromatic N) is 2. The van der Waals surface area contributed by atoms with Crippen LogP contribution >= 0.6 is 23.2 Å². The molecule has 0 fully saturated rings. The quantitative estimate of drug-likeness (QED) is 0.252. The van der Waals surface area contributed by atoms with Gasteiger partial charge in [-0.15, -0.1) is 0 Å². The second-order valence-corrected chi connectivity index (χ2v) is 12.4. The predicted molar refractivity (Wildman–Crippen MR) is 161 cm³/mol. The van der Waals surface area contributed by atoms with Crippen LogP contribution in [0, 0.1) is 13.8 Å². The van der Waals surface area contributed by atoms with Crippen molar-refractivity contribution in [1.29, 1.82) is 0 Å². The molecule has 3 aromatic rings. The Balaban J connectivity index is 2.03. The van der Waals surface area contributed by atoms with Crippen molar-refractivity contribution < 1.29 is 18.0 Å². The van der Waals surface area contributed by atoms with Crippen molar-refractivity contribution in [2.24, 2.45) is 0 Å². The Bertz CT molecular complexity index is 1450. The van der Waals surface area contributed by atoms with Gasteiger partial charge in [0.1, 0.15) is 12.6 Å². The van der Waals surface area contributed by atoms with Gasteiger partial charge in [0.2, 0.25) is 11.8 Å². The number of sulfonamides is 1. The molecule has 7 nitrogen and oxygen atoms in total. The van der Waals surface area contributed by atoms with E-state index in [4.69, 9.17) is 23.2 Å². The summed E-state index contributed by atoms with van der Waals surface area (Å²) < 4.78 is 28.8. The predicted octanol–water partition coefficient (Wildman–Crippen LogP) is 6.14. The minimum absolute atomic E-state index is 0.0209. The van der Waals surface area contributed by atoms with Crippen LogP contribution in [0.5, 0.6) is 0 Å². The van der Waals surface area contributed by atoms with Gasteiger partial charge in [-0.05, 0) is 63.1 Å². The van der Waals surface area contributed by atoms with Crippen LogP contribution in [0.2, 0.25) is 10.0 Å². The molecule has 0 saturated heterocycles. The van der Waals surface area contributed by atoms with Gasteiger partial charge < -0.3 is 10.2 Å². The lowest BCUT2D eigenvalue weighted by Gasteiger charge is -2.32. The molecular weight excluding hydrogens is 569 g/mol. The highest BCUT2D eigenvalue weighted by atomic mass is 35.5. The van der Waals surface area contributed by atoms with Crippen molar-refractivity contribution in [2.75, 3.05) is 17.4 Å². The number of halogens is 2. The topological polar surface area (TPSA) is 86.8 Å². The maximum absolute atomic E-state index is 14.0. The molecule has 40 heavy (non-hydrogen) atoms. The van der Waals surface area contributed by atoms with Crippen LogP contribution in [-0.4, -0.2) is 44.3 Å². The Hall–Kier alpha value is -3.07. The summed E-state index contributed by atoms with van der Waals surface area (Å²) in [7, 11) is -4.19. The number of nitrogens with one attached hydrogen (secondary N) is 1. The van der Waals surface area contributed by atoms with Gasteiger partial charge in [0.05, 0.1) is 20.6 Å². The number of amides is 2. The monoisotopic (exact) mass is 603 g/mol. The van der Waals surface area contributed by atoms with E-state index in [0.29, 0.717) is 6.54 Å². The second-order valence-electron chi connectivity index (χ2n) is 9.75. The average molecular weight is 605 g/mol. The number of hydrogen-bond donors (Lipinski definition) is 1. The van der Waals surface area contributed by atoms with Crippen LogP contribution < -0.4 is 9.62 Å². The zero-order chi connectivity index (χ0) is 29.4. The Morgan fingerprint density at radius 3 is 2.25 bits per heavy atom. The van der Waals surface area contributed by atoms with Gasteiger partial charge in [-0.1, -0.05) is 84.1 Å². The highest BCUT2D eigenvalue weighted by molar-refractivity contribution is 7.92. The Labute approximate surface area is 247 Å². The fourth-order valence-electron chi connectivity index (χ4n) is 4.13. The Morgan fingerprint density at radius 1 is 0.925 bits per heavy atom. The van der Waals surface area contributed by atoms with E-state index in [1.54, 1.807) is 19.1 Å². The molecule has 3 aromatic carbocycles. The molecule has 0 aliphatic carbocycles. The molecule has 1 atom stereocenters. The SMILES string of the molecule is CCCCNC(=O)C(C)N(Cc1cccc(C)c1)C(=O)CN(c1ccc(Cl)c(Cl)c1)S(=O)(=O)c1ccc(C)cc1. The third-order valence-electron chi connectivity index (χ3n) is 6.51. The molecule has 0 saturated carbocycles. The standard InChI is InChI=1S/C30H35Cl2N3O4S/c1-5-6-16-33-30(37)23(4)34(19-24-9-7-8-22(3)17-24)29(36)20-35(25-12-15-27(31)28(32)18-25)40(38,39)26-13-10-21(2)11-14-26/h7-15,17-18,23H,5-6,16,19-20H2,1-4H3,(H,33,37). The van der Waals surface area contributed by atoms with E-state index in [-0.39, 0.29) is 33.1 Å². The first-order valence-corrected chi connectivity index (χ1v) is 15.3. The van der Waals surface area contributed by atoms with Gasteiger partial charge in [-0.2, -0.15) is 0 Å². The van der Waals surface area contributed by atoms with Gasteiger partial charge in [0.15, 0.2) is 0 Å². The summed E-state index contributed by atoms with van der Waals surface area (Å²) in [5.74, 6) is -0.849. The molecule has 0 aliphatic rings. The summed E-state index contributed by atoms with van der Waals surface area (Å²) in [5.41, 5.74) is 2.90. The summed E-state index contributed by atoms with van der Waals surface area (Å²) in [4.78, 5) is 28.4. The number of carbonyl (C=O) groups is 2. The molecule has 0 aliphatic heterocycles. The fourth-order valence-corrected chi connectivity index (χ4v) is 5.83. The van der Waals surface area contributed by atoms with Gasteiger partial charge >= 0.3 is 0 Å². The van der Waals surface area contributed by atoms with Gasteiger partial charge in [0, 0.05) is 13.1 Å². The third kappa shape index (κ3) is 7.99. The van der Waals surface area contributed by atoms with Gasteiger partial charge in [-0.3, -0.25) is 13.9 Å². The van der Waals surface area contributed by atoms with E-state index in [0.717, 1.165) is 33.8 Å². The Kier molecular flexibility index (Phi) is 11.0. The number of hydrogen-bond acceptors (Lipinski definition) is 4. The third-order valence-corrected chi connectivity index (χ3v) is 9.04. The number of benzene rings is 3. The van der Waals surface area contributed by atoms with Crippen molar-refractivity contribution >= 4 is 50.7 Å². The molecule has 0 radical (unpaired) electrons. The average Bonchev–Trinajstić information content (AvgIpc) is 2.91. The van der Waals surface area contributed by atoms with Crippen LogP contribution in [0.1, 0.15) is 43.4 Å². The lowest BCUT2D eigenvalue weighted by atomic mass is 10.1. The number of anilines is 1. The van der Waals surface area contributed by atoms with Crippen LogP contribution in [0.3, 0.4) is 0 Å². The fraction of sp³-hybridized carbons (Fsp3) is 0.333. The maximum Gasteiger partial charge on any atom is 0.264 e. The lowest BCUT2D eigenvalue weighted by Crippen LogP contribution is -2.51. The maximum atomic E-state index is 14.0. The molecule has 0 bridgehead atoms. The number of rotatable bonds is 12. The Morgan fingerprint density at radius 2 is 1.62 bits per heavy atom. The molecule has 1 N–H and O–H groups in total. The van der Waals surface area contributed by atoms with Crippen LogP contribution in [-0.2, 0) is 26.2 Å². The highest BCUT2D eigenvalue weighted by Crippen LogP contribution is 2.31. The van der Waals surface area contributed by atoms with E-state index in [2.05, 4.69) is 5.32 Å². The molecule has 0 heterocycles. The summed E-state index contributed by atoms with van der Waals surface area (Å²) in [6, 6.07) is 17.5. The lowest BCUT2D eigenvalue weighted by molar-refractivity contribution is -0.139. The summed E-state index contributed by atoms with van der Waals surface area (Å²) in [6.07, 6.45) is 1.72. The molecule has 214 valence electrons. The van der Waals surface area contributed by atoms with E-state index >= 15 is 0 Å². The van der Waals surface area contributed by atoms with Crippen LogP contribution in [0.25, 0.3) is 0 Å². The first-order chi connectivity index (χ1) is 18.9. The molecule has 3 rings (SSSR count). The number of unbranched alkanes of at least 4 members (excludes halogenated alkanes) is 1. The molecule has 1 unspecified atom stereocenters. The smallest absolute Gasteiger partial charge is 0.264 e. The zero-order valence-corrected chi connectivity index (χ0v) is 25.5. The normalized spacial score (nSPS) is 12.1. The van der Waals surface area contributed by atoms with Gasteiger partial charge in [-0.25, -0.2) is 8.42 Å². The van der Waals surface area contributed by atoms with E-state index in [9.17, 15) is 18.0 Å². The van der Waals surface area contributed by atoms with Crippen molar-refractivity contribution in [2.45, 2.75) is 58.0 Å². The second kappa shape index (κ2) is 14.0. The highest BCUT2D eigenvalue weighted by Gasteiger charge is 2.32. The largest absolute Gasteiger partial charge is 0.354 e. The van der Waals surface area contributed by atoms with E-state index in [1.807, 2.05) is 45.0 Å². The number of aryl methyl sites for hydroxylation is 2. The van der Waals surface area contributed by atoms with Crippen molar-refractivity contribution in [1.82, 2.24) is 10.2 Å². The zero-order valence-electron chi connectivity index (χ0n) is 23.2. The van der Waals surface area contributed by atoms with Crippen molar-refractivity contribution in [3.63, 3.8) is 0 Å². The van der Waals surface area contributed by atoms with Crippen molar-refractivity contribution in [3.05, 3.63) is 93.5 Å². The first-order valence-electron chi connectivity index (χ1n) is 13.1. The van der Waals surface area contributed by atoms with Crippen molar-refractivity contribution in [3.8, 4) is 0 Å². The first kappa shape index (κ1) is 31.5. The number of carbonyl (C=O) groups excluding carboxylic acids is 2. The molecule has 0 aromatic heterocycles. The molecular formula is C30H35Cl2N3O4S. The minimum Gasteiger partial charge on any atom is -0.354 e. The summed E-state index contributed by atoms with van der Waals surface area (Å²) >= 11 is 12.3. The molecule has 10 heteroatoms. The van der Waals surface area contributed by atoms with Crippen LogP contribution in [0.4, 0.5) is 5.69 Å². The molecule has 0 spiro atoms. The minimum atomic E-state index is -4.19. The summed E-state index contributed by atoms with van der Waals surface area (Å²) in [5, 5.41) is 3.28. The van der Waals surface area contributed by atoms with Gasteiger partial charge in [0.25, 0.3) is 10.0 Å². The molecule has 2 amide bonds.